The van der Waals surface area contributed by atoms with E-state index in [2.05, 4.69) is 10.3 Å². The minimum Gasteiger partial charge on any atom is -0.346 e. The van der Waals surface area contributed by atoms with Gasteiger partial charge in [-0.2, -0.15) is 4.31 Å². The average molecular weight is 367 g/mol. The Morgan fingerprint density at radius 3 is 2.67 bits per heavy atom. The van der Waals surface area contributed by atoms with Crippen molar-refractivity contribution < 1.29 is 13.2 Å². The van der Waals surface area contributed by atoms with Crippen molar-refractivity contribution in [1.29, 1.82) is 0 Å². The van der Waals surface area contributed by atoms with Crippen molar-refractivity contribution >= 4 is 27.3 Å². The Labute approximate surface area is 146 Å². The first-order chi connectivity index (χ1) is 11.2. The number of amides is 1. The third-order valence-electron chi connectivity index (χ3n) is 3.60. The fourth-order valence-corrected chi connectivity index (χ4v) is 4.03. The number of hydrogen-bond donors (Lipinski definition) is 1. The Hall–Kier alpha value is -1.77. The van der Waals surface area contributed by atoms with Crippen molar-refractivity contribution in [2.75, 3.05) is 7.05 Å². The summed E-state index contributed by atoms with van der Waals surface area (Å²) in [5, 5.41) is 5.57. The summed E-state index contributed by atoms with van der Waals surface area (Å²) in [5.74, 6) is -0.329. The quantitative estimate of drug-likeness (QED) is 0.850. The van der Waals surface area contributed by atoms with Crippen molar-refractivity contribution in [3.63, 3.8) is 0 Å². The highest BCUT2D eigenvalue weighted by molar-refractivity contribution is 7.89. The van der Waals surface area contributed by atoms with Crippen LogP contribution in [0.1, 0.15) is 34.9 Å². The number of nitrogens with one attached hydrogen (secondary N) is 1. The van der Waals surface area contributed by atoms with E-state index in [0.29, 0.717) is 12.1 Å². The Balaban J connectivity index is 2.16. The normalized spacial score (nSPS) is 11.9. The minimum absolute atomic E-state index is 0.107. The zero-order chi connectivity index (χ0) is 17.9. The number of nitrogens with zero attached hydrogens (tertiary/aromatic N) is 2. The third kappa shape index (κ3) is 4.19. The van der Waals surface area contributed by atoms with Crippen LogP contribution in [-0.4, -0.2) is 36.7 Å². The summed E-state index contributed by atoms with van der Waals surface area (Å²) >= 11 is 1.52. The molecule has 0 saturated heterocycles. The number of carbonyl (C=O) groups excluding carboxylic acids is 1. The van der Waals surface area contributed by atoms with Crippen LogP contribution in [0.4, 0.5) is 0 Å². The first kappa shape index (κ1) is 18.6. The lowest BCUT2D eigenvalue weighted by Gasteiger charge is -2.21. The van der Waals surface area contributed by atoms with Crippen molar-refractivity contribution in [3.8, 4) is 0 Å². The molecule has 2 aromatic rings. The van der Waals surface area contributed by atoms with Gasteiger partial charge in [0.2, 0.25) is 10.0 Å². The van der Waals surface area contributed by atoms with Crippen LogP contribution in [0.2, 0.25) is 0 Å². The molecule has 0 aliphatic carbocycles. The second-order valence-corrected chi connectivity index (χ2v) is 8.74. The Bertz CT molecular complexity index is 829. The van der Waals surface area contributed by atoms with Gasteiger partial charge >= 0.3 is 0 Å². The van der Waals surface area contributed by atoms with Gasteiger partial charge in [0, 0.05) is 24.0 Å². The molecule has 1 aromatic heterocycles. The van der Waals surface area contributed by atoms with E-state index < -0.39 is 10.0 Å². The van der Waals surface area contributed by atoms with E-state index in [1.54, 1.807) is 26.0 Å². The summed E-state index contributed by atoms with van der Waals surface area (Å²) in [6.45, 7) is 5.80. The van der Waals surface area contributed by atoms with Crippen LogP contribution >= 0.6 is 11.3 Å². The highest BCUT2D eigenvalue weighted by Crippen LogP contribution is 2.18. The first-order valence-corrected chi connectivity index (χ1v) is 9.81. The van der Waals surface area contributed by atoms with E-state index in [0.717, 1.165) is 10.7 Å². The maximum Gasteiger partial charge on any atom is 0.251 e. The zero-order valence-corrected chi connectivity index (χ0v) is 15.7. The fraction of sp³-hybridized carbons (Fsp3) is 0.375. The molecule has 2 rings (SSSR count). The van der Waals surface area contributed by atoms with Crippen LogP contribution in [0.5, 0.6) is 0 Å². The van der Waals surface area contributed by atoms with Crippen molar-refractivity contribution in [2.45, 2.75) is 38.3 Å². The monoisotopic (exact) mass is 367 g/mol. The summed E-state index contributed by atoms with van der Waals surface area (Å²) in [5.41, 5.74) is 1.09. The van der Waals surface area contributed by atoms with Gasteiger partial charge in [0.1, 0.15) is 0 Å². The highest BCUT2D eigenvalue weighted by Gasteiger charge is 2.23. The SMILES string of the molecule is Cc1nc(CNC(=O)c2cccc(S(=O)(=O)N(C)C(C)C)c2)cs1. The largest absolute Gasteiger partial charge is 0.346 e. The van der Waals surface area contributed by atoms with Crippen molar-refractivity contribution in [2.24, 2.45) is 0 Å². The molecule has 24 heavy (non-hydrogen) atoms. The van der Waals surface area contributed by atoms with Gasteiger partial charge in [0.25, 0.3) is 5.91 Å². The van der Waals surface area contributed by atoms with Gasteiger partial charge in [-0.15, -0.1) is 11.3 Å². The summed E-state index contributed by atoms with van der Waals surface area (Å²) in [6.07, 6.45) is 0. The van der Waals surface area contributed by atoms with Crippen molar-refractivity contribution in [3.05, 3.63) is 45.9 Å². The first-order valence-electron chi connectivity index (χ1n) is 7.49. The lowest BCUT2D eigenvalue weighted by molar-refractivity contribution is 0.0950. The predicted molar refractivity (Wildman–Crippen MR) is 94.5 cm³/mol. The number of hydrogen-bond acceptors (Lipinski definition) is 5. The van der Waals surface area contributed by atoms with E-state index in [9.17, 15) is 13.2 Å². The lowest BCUT2D eigenvalue weighted by Crippen LogP contribution is -2.33. The molecule has 1 aromatic carbocycles. The van der Waals surface area contributed by atoms with Gasteiger partial charge in [0.05, 0.1) is 22.1 Å². The molecule has 1 heterocycles. The number of aryl methyl sites for hydroxylation is 1. The molecule has 130 valence electrons. The Kier molecular flexibility index (Phi) is 5.74. The number of thiazole rings is 1. The fourth-order valence-electron chi connectivity index (χ4n) is 2.00. The van der Waals surface area contributed by atoms with Gasteiger partial charge in [-0.25, -0.2) is 13.4 Å². The van der Waals surface area contributed by atoms with Crippen LogP contribution in [-0.2, 0) is 16.6 Å². The number of rotatable bonds is 6. The molecule has 0 saturated carbocycles. The van der Waals surface area contributed by atoms with E-state index in [1.165, 1.54) is 34.8 Å². The molecular formula is C16H21N3O3S2. The molecule has 0 unspecified atom stereocenters. The van der Waals surface area contributed by atoms with Gasteiger partial charge in [0.15, 0.2) is 0 Å². The second kappa shape index (κ2) is 7.42. The summed E-state index contributed by atoms with van der Waals surface area (Å²) in [6, 6.07) is 5.89. The van der Waals surface area contributed by atoms with E-state index in [1.807, 2.05) is 12.3 Å². The van der Waals surface area contributed by atoms with E-state index in [4.69, 9.17) is 0 Å². The number of carbonyl (C=O) groups is 1. The molecule has 0 aliphatic rings. The average Bonchev–Trinajstić information content (AvgIpc) is 2.97. The lowest BCUT2D eigenvalue weighted by atomic mass is 10.2. The predicted octanol–water partition coefficient (Wildman–Crippen LogP) is 2.41. The highest BCUT2D eigenvalue weighted by atomic mass is 32.2. The smallest absolute Gasteiger partial charge is 0.251 e. The number of benzene rings is 1. The van der Waals surface area contributed by atoms with Crippen LogP contribution in [0.15, 0.2) is 34.5 Å². The van der Waals surface area contributed by atoms with E-state index in [-0.39, 0.29) is 16.8 Å². The molecular weight excluding hydrogens is 346 g/mol. The molecule has 6 nitrogen and oxygen atoms in total. The number of sulfonamides is 1. The maximum atomic E-state index is 12.5. The second-order valence-electron chi connectivity index (χ2n) is 5.68. The number of aromatic nitrogens is 1. The minimum atomic E-state index is -3.62. The molecule has 0 fully saturated rings. The Morgan fingerprint density at radius 1 is 1.38 bits per heavy atom. The summed E-state index contributed by atoms with van der Waals surface area (Å²) in [4.78, 5) is 16.6. The van der Waals surface area contributed by atoms with Crippen LogP contribution in [0.25, 0.3) is 0 Å². The van der Waals surface area contributed by atoms with Gasteiger partial charge in [-0.05, 0) is 39.0 Å². The molecule has 0 aliphatic heterocycles. The van der Waals surface area contributed by atoms with Crippen LogP contribution < -0.4 is 5.32 Å². The molecule has 0 spiro atoms. The maximum absolute atomic E-state index is 12.5. The topological polar surface area (TPSA) is 79.4 Å². The van der Waals surface area contributed by atoms with Crippen LogP contribution in [0, 0.1) is 6.92 Å². The summed E-state index contributed by atoms with van der Waals surface area (Å²) in [7, 11) is -2.09. The molecule has 0 atom stereocenters. The van der Waals surface area contributed by atoms with Gasteiger partial charge < -0.3 is 5.32 Å². The Morgan fingerprint density at radius 2 is 2.08 bits per heavy atom. The zero-order valence-electron chi connectivity index (χ0n) is 14.1. The van der Waals surface area contributed by atoms with Gasteiger partial charge in [-0.3, -0.25) is 4.79 Å². The van der Waals surface area contributed by atoms with Crippen LogP contribution in [0.3, 0.4) is 0 Å². The standard InChI is InChI=1S/C16H21N3O3S2/c1-11(2)19(4)24(21,22)15-7-5-6-13(8-15)16(20)17-9-14-10-23-12(3)18-14/h5-8,10-11H,9H2,1-4H3,(H,17,20). The molecule has 0 bridgehead atoms. The molecule has 0 radical (unpaired) electrons. The van der Waals surface area contributed by atoms with Gasteiger partial charge in [-0.1, -0.05) is 6.07 Å². The summed E-state index contributed by atoms with van der Waals surface area (Å²) < 4.78 is 26.3. The third-order valence-corrected chi connectivity index (χ3v) is 6.45. The van der Waals surface area contributed by atoms with E-state index >= 15 is 0 Å². The molecule has 1 N–H and O–H groups in total. The van der Waals surface area contributed by atoms with Crippen molar-refractivity contribution in [1.82, 2.24) is 14.6 Å². The molecule has 8 heteroatoms. The molecule has 1 amide bonds.